The van der Waals surface area contributed by atoms with Gasteiger partial charge in [0.15, 0.2) is 0 Å². The van der Waals surface area contributed by atoms with Crippen molar-refractivity contribution in [2.75, 3.05) is 31.1 Å². The second-order valence-electron chi connectivity index (χ2n) is 8.21. The van der Waals surface area contributed by atoms with Crippen LogP contribution < -0.4 is 10.5 Å². The highest BCUT2D eigenvalue weighted by Gasteiger charge is 2.27. The summed E-state index contributed by atoms with van der Waals surface area (Å²) < 4.78 is 27.6. The van der Waals surface area contributed by atoms with E-state index in [1.165, 1.54) is 16.7 Å². The Balaban J connectivity index is 1.56. The van der Waals surface area contributed by atoms with Crippen LogP contribution in [0.15, 0.2) is 81.3 Å². The van der Waals surface area contributed by atoms with Gasteiger partial charge in [-0.1, -0.05) is 36.4 Å². The molecule has 172 valence electrons. The number of para-hydroxylation sites is 1. The number of sulfone groups is 1. The summed E-state index contributed by atoms with van der Waals surface area (Å²) in [5, 5.41) is 0. The quantitative estimate of drug-likeness (QED) is 0.579. The van der Waals surface area contributed by atoms with Crippen LogP contribution >= 0.6 is 0 Å². The summed E-state index contributed by atoms with van der Waals surface area (Å²) in [7, 11) is -4.00. The lowest BCUT2D eigenvalue weighted by Gasteiger charge is -2.36. The Labute approximate surface area is 193 Å². The summed E-state index contributed by atoms with van der Waals surface area (Å²) in [6.45, 7) is 5.63. The average molecular weight is 466 g/mol. The number of aryl methyl sites for hydroxylation is 2. The number of benzene rings is 2. The van der Waals surface area contributed by atoms with Gasteiger partial charge in [-0.3, -0.25) is 9.59 Å². The smallest absolute Gasteiger partial charge is 0.270 e. The maximum Gasteiger partial charge on any atom is 0.270 e. The minimum Gasteiger partial charge on any atom is -0.368 e. The fraction of sp³-hybridized carbons (Fsp3) is 0.280. The van der Waals surface area contributed by atoms with Gasteiger partial charge in [0.05, 0.1) is 4.90 Å². The predicted octanol–water partition coefficient (Wildman–Crippen LogP) is 2.65. The van der Waals surface area contributed by atoms with Gasteiger partial charge in [0, 0.05) is 37.6 Å². The Kier molecular flexibility index (Phi) is 6.37. The van der Waals surface area contributed by atoms with Crippen LogP contribution in [0, 0.1) is 13.8 Å². The molecule has 0 saturated carbocycles. The van der Waals surface area contributed by atoms with Crippen molar-refractivity contribution in [3.63, 3.8) is 0 Å². The van der Waals surface area contributed by atoms with Gasteiger partial charge in [-0.05, 0) is 49.7 Å². The lowest BCUT2D eigenvalue weighted by Crippen LogP contribution is -2.50. The molecule has 1 amide bonds. The predicted molar refractivity (Wildman–Crippen MR) is 127 cm³/mol. The molecule has 0 radical (unpaired) electrons. The van der Waals surface area contributed by atoms with Crippen LogP contribution in [0.4, 0.5) is 5.69 Å². The number of anilines is 1. The van der Waals surface area contributed by atoms with Crippen LogP contribution in [-0.2, 0) is 21.2 Å². The van der Waals surface area contributed by atoms with E-state index in [0.717, 1.165) is 5.69 Å². The van der Waals surface area contributed by atoms with Gasteiger partial charge < -0.3 is 14.4 Å². The van der Waals surface area contributed by atoms with Gasteiger partial charge in [-0.15, -0.1) is 0 Å². The summed E-state index contributed by atoms with van der Waals surface area (Å²) in [6.07, 6.45) is 0. The molecule has 1 aliphatic heterocycles. The number of carbonyl (C=O) groups excluding carboxylic acids is 1. The van der Waals surface area contributed by atoms with Crippen molar-refractivity contribution in [2.24, 2.45) is 0 Å². The molecular weight excluding hydrogens is 438 g/mol. The number of amides is 1. The van der Waals surface area contributed by atoms with E-state index in [2.05, 4.69) is 4.90 Å². The van der Waals surface area contributed by atoms with Crippen LogP contribution in [0.5, 0.6) is 0 Å². The molecule has 2 heterocycles. The minimum absolute atomic E-state index is 0.0592. The minimum atomic E-state index is -4.00. The molecule has 1 saturated heterocycles. The Morgan fingerprint density at radius 3 is 2.06 bits per heavy atom. The first-order valence-electron chi connectivity index (χ1n) is 10.9. The van der Waals surface area contributed by atoms with Gasteiger partial charge in [0.25, 0.3) is 5.56 Å². The fourth-order valence-corrected chi connectivity index (χ4v) is 5.81. The molecule has 2 aromatic carbocycles. The number of rotatable bonds is 5. The fourth-order valence-electron chi connectivity index (χ4n) is 4.24. The van der Waals surface area contributed by atoms with Crippen LogP contribution in [0.25, 0.3) is 0 Å². The molecule has 7 nitrogen and oxygen atoms in total. The zero-order valence-corrected chi connectivity index (χ0v) is 19.6. The van der Waals surface area contributed by atoms with E-state index >= 15 is 0 Å². The summed E-state index contributed by atoms with van der Waals surface area (Å²) in [4.78, 5) is 30.1. The molecule has 0 unspecified atom stereocenters. The first-order chi connectivity index (χ1) is 15.8. The van der Waals surface area contributed by atoms with Crippen molar-refractivity contribution in [2.45, 2.75) is 30.2 Å². The van der Waals surface area contributed by atoms with Crippen molar-refractivity contribution < 1.29 is 13.2 Å². The average Bonchev–Trinajstić information content (AvgIpc) is 2.82. The third-order valence-electron chi connectivity index (χ3n) is 6.02. The largest absolute Gasteiger partial charge is 0.368 e. The molecule has 33 heavy (non-hydrogen) atoms. The molecule has 0 spiro atoms. The van der Waals surface area contributed by atoms with Gasteiger partial charge in [-0.2, -0.15) is 0 Å². The maximum atomic E-state index is 13.3. The van der Waals surface area contributed by atoms with Crippen molar-refractivity contribution in [3.05, 3.63) is 88.3 Å². The summed E-state index contributed by atoms with van der Waals surface area (Å²) >= 11 is 0. The Morgan fingerprint density at radius 1 is 0.879 bits per heavy atom. The van der Waals surface area contributed by atoms with Gasteiger partial charge in [0.1, 0.15) is 11.4 Å². The van der Waals surface area contributed by atoms with E-state index in [1.807, 2.05) is 30.3 Å². The molecule has 1 aromatic heterocycles. The van der Waals surface area contributed by atoms with Crippen LogP contribution in [-0.4, -0.2) is 50.0 Å². The number of hydrogen-bond donors (Lipinski definition) is 0. The number of aromatic nitrogens is 1. The molecule has 1 fully saturated rings. The maximum absolute atomic E-state index is 13.3. The molecule has 0 N–H and O–H groups in total. The van der Waals surface area contributed by atoms with E-state index in [-0.39, 0.29) is 22.2 Å². The van der Waals surface area contributed by atoms with Crippen molar-refractivity contribution in [1.29, 1.82) is 0 Å². The SMILES string of the molecule is Cc1cc(C)n(CC(=O)N2CCN(c3ccccc3)CC2)c(=O)c1S(=O)(=O)c1ccccc1. The van der Waals surface area contributed by atoms with Crippen molar-refractivity contribution in [1.82, 2.24) is 9.47 Å². The molecular formula is C25H27N3O4S. The topological polar surface area (TPSA) is 79.7 Å². The zero-order chi connectivity index (χ0) is 23.6. The highest BCUT2D eigenvalue weighted by Crippen LogP contribution is 2.22. The molecule has 8 heteroatoms. The van der Waals surface area contributed by atoms with Crippen LogP contribution in [0.3, 0.4) is 0 Å². The van der Waals surface area contributed by atoms with Gasteiger partial charge in [-0.25, -0.2) is 8.42 Å². The van der Waals surface area contributed by atoms with Gasteiger partial charge in [0.2, 0.25) is 15.7 Å². The third kappa shape index (κ3) is 4.57. The van der Waals surface area contributed by atoms with Gasteiger partial charge >= 0.3 is 0 Å². The Morgan fingerprint density at radius 2 is 1.45 bits per heavy atom. The molecule has 0 atom stereocenters. The first-order valence-corrected chi connectivity index (χ1v) is 12.4. The second kappa shape index (κ2) is 9.23. The Bertz CT molecular complexity index is 1310. The van der Waals surface area contributed by atoms with E-state index in [0.29, 0.717) is 37.4 Å². The highest BCUT2D eigenvalue weighted by molar-refractivity contribution is 7.91. The molecule has 3 aromatic rings. The van der Waals surface area contributed by atoms with Crippen LogP contribution in [0.2, 0.25) is 0 Å². The van der Waals surface area contributed by atoms with E-state index in [4.69, 9.17) is 0 Å². The summed E-state index contributed by atoms with van der Waals surface area (Å²) in [5.41, 5.74) is 1.39. The first kappa shape index (κ1) is 22.8. The second-order valence-corrected chi connectivity index (χ2v) is 10.1. The highest BCUT2D eigenvalue weighted by atomic mass is 32.2. The van der Waals surface area contributed by atoms with E-state index in [1.54, 1.807) is 43.0 Å². The normalized spacial score (nSPS) is 14.4. The molecule has 0 bridgehead atoms. The number of hydrogen-bond acceptors (Lipinski definition) is 5. The summed E-state index contributed by atoms with van der Waals surface area (Å²) in [5.74, 6) is -0.195. The third-order valence-corrected chi connectivity index (χ3v) is 7.94. The zero-order valence-electron chi connectivity index (χ0n) is 18.8. The van der Waals surface area contributed by atoms with Crippen LogP contribution in [0.1, 0.15) is 11.3 Å². The molecule has 1 aliphatic rings. The molecule has 4 rings (SSSR count). The Hall–Kier alpha value is -3.39. The monoisotopic (exact) mass is 465 g/mol. The summed E-state index contributed by atoms with van der Waals surface area (Å²) in [6, 6.07) is 19.6. The standard InChI is InChI=1S/C25H27N3O4S/c1-19-17-20(2)28(25(30)24(19)33(31,32)22-11-7-4-8-12-22)18-23(29)27-15-13-26(14-16-27)21-9-5-3-6-10-21/h3-12,17H,13-16,18H2,1-2H3. The lowest BCUT2D eigenvalue weighted by molar-refractivity contribution is -0.132. The molecule has 0 aliphatic carbocycles. The van der Waals surface area contributed by atoms with E-state index in [9.17, 15) is 18.0 Å². The van der Waals surface area contributed by atoms with E-state index < -0.39 is 15.4 Å². The number of piperazine rings is 1. The number of pyridine rings is 1. The van der Waals surface area contributed by atoms with Crippen molar-refractivity contribution in [3.8, 4) is 0 Å². The van der Waals surface area contributed by atoms with Crippen molar-refractivity contribution >= 4 is 21.4 Å². The lowest BCUT2D eigenvalue weighted by atomic mass is 10.2. The number of carbonyl (C=O) groups is 1. The number of nitrogens with zero attached hydrogens (tertiary/aromatic N) is 3.